The monoisotopic (exact) mass is 493 g/mol. The van der Waals surface area contributed by atoms with Crippen LogP contribution < -0.4 is 15.4 Å². The maximum atomic E-state index is 14.6. The van der Waals surface area contributed by atoms with E-state index >= 15 is 0 Å². The molecule has 4 aromatic rings. The number of H-pyrrole nitrogens is 1. The molecule has 0 saturated carbocycles. The van der Waals surface area contributed by atoms with Crippen LogP contribution in [0.3, 0.4) is 0 Å². The summed E-state index contributed by atoms with van der Waals surface area (Å²) in [6.07, 6.45) is 0. The highest BCUT2D eigenvalue weighted by Crippen LogP contribution is 2.57. The van der Waals surface area contributed by atoms with Gasteiger partial charge in [0.2, 0.25) is 17.7 Å². The minimum absolute atomic E-state index is 0.0424. The topological polar surface area (TPSA) is 108 Å². The number of nitrogens with one attached hydrogen (secondary N) is 1. The van der Waals surface area contributed by atoms with E-state index in [9.17, 15) is 10.1 Å². The highest BCUT2D eigenvalue weighted by Gasteiger charge is 2.61. The quantitative estimate of drug-likeness (QED) is 0.419. The number of amides is 1. The lowest BCUT2D eigenvalue weighted by Crippen LogP contribution is -2.45. The molecule has 1 amide bonds. The van der Waals surface area contributed by atoms with Gasteiger partial charge in [-0.2, -0.15) is 5.26 Å². The molecular weight excluding hydrogens is 474 g/mol. The number of aromatic nitrogens is 2. The molecule has 0 unspecified atom stereocenters. The molecule has 3 heterocycles. The first kappa shape index (κ1) is 22.0. The van der Waals surface area contributed by atoms with Crippen LogP contribution in [0.15, 0.2) is 84.3 Å². The maximum absolute atomic E-state index is 14.6. The van der Waals surface area contributed by atoms with Gasteiger partial charge >= 0.3 is 0 Å². The summed E-state index contributed by atoms with van der Waals surface area (Å²) in [7, 11) is 0. The number of para-hydroxylation sites is 1. The normalized spacial score (nSPS) is 18.1. The van der Waals surface area contributed by atoms with Crippen molar-refractivity contribution in [3.63, 3.8) is 0 Å². The molecule has 6 rings (SSSR count). The smallest absolute Gasteiger partial charge is 0.248 e. The summed E-state index contributed by atoms with van der Waals surface area (Å²) in [6, 6.07) is 24.8. The van der Waals surface area contributed by atoms with Gasteiger partial charge in [-0.05, 0) is 30.7 Å². The van der Waals surface area contributed by atoms with Crippen molar-refractivity contribution in [1.29, 1.82) is 5.26 Å². The van der Waals surface area contributed by atoms with Gasteiger partial charge in [0.15, 0.2) is 0 Å². The van der Waals surface area contributed by atoms with Gasteiger partial charge in [-0.3, -0.25) is 9.89 Å². The Kier molecular flexibility index (Phi) is 4.88. The van der Waals surface area contributed by atoms with Crippen LogP contribution in [0.2, 0.25) is 5.02 Å². The van der Waals surface area contributed by atoms with Gasteiger partial charge in [0.25, 0.3) is 0 Å². The number of hydrogen-bond donors (Lipinski definition) is 2. The number of ether oxygens (including phenoxy) is 1. The number of nitriles is 1. The summed E-state index contributed by atoms with van der Waals surface area (Å²) in [5.74, 6) is -0.250. The van der Waals surface area contributed by atoms with Crippen LogP contribution >= 0.6 is 11.6 Å². The number of rotatable bonds is 3. The van der Waals surface area contributed by atoms with E-state index in [0.29, 0.717) is 34.1 Å². The average Bonchev–Trinajstić information content (AvgIpc) is 3.40. The SMILES string of the molecule is Cc1ccc(-c2[nH]nc3c2[C@]2(C(=O)N(Cc4ccc(Cl)cc4)c4ccccc42)C(C#N)=C(N)O3)cc1. The average molecular weight is 494 g/mol. The molecule has 3 N–H and O–H groups in total. The van der Waals surface area contributed by atoms with Gasteiger partial charge in [-0.15, -0.1) is 5.10 Å². The lowest BCUT2D eigenvalue weighted by Gasteiger charge is -2.33. The fraction of sp³-hybridized carbons (Fsp3) is 0.107. The summed E-state index contributed by atoms with van der Waals surface area (Å²) in [5, 5.41) is 18.3. The molecule has 8 heteroatoms. The molecule has 2 aliphatic rings. The van der Waals surface area contributed by atoms with Crippen LogP contribution in [0.4, 0.5) is 5.69 Å². The third-order valence-electron chi connectivity index (χ3n) is 6.81. The molecule has 7 nitrogen and oxygen atoms in total. The molecule has 1 aromatic heterocycles. The van der Waals surface area contributed by atoms with Gasteiger partial charge in [0.05, 0.1) is 17.8 Å². The predicted molar refractivity (Wildman–Crippen MR) is 136 cm³/mol. The van der Waals surface area contributed by atoms with E-state index in [1.807, 2.05) is 67.6 Å². The second kappa shape index (κ2) is 8.01. The summed E-state index contributed by atoms with van der Waals surface area (Å²) >= 11 is 6.08. The fourth-order valence-corrected chi connectivity index (χ4v) is 5.27. The largest absolute Gasteiger partial charge is 0.420 e. The molecule has 0 saturated heterocycles. The lowest BCUT2D eigenvalue weighted by atomic mass is 9.68. The Morgan fingerprint density at radius 2 is 1.83 bits per heavy atom. The highest BCUT2D eigenvalue weighted by atomic mass is 35.5. The number of aromatic amines is 1. The Bertz CT molecular complexity index is 1600. The van der Waals surface area contributed by atoms with E-state index in [1.54, 1.807) is 17.0 Å². The Labute approximate surface area is 212 Å². The third-order valence-corrected chi connectivity index (χ3v) is 7.06. The standard InChI is InChI=1S/C28H20ClN5O2/c1-16-6-10-18(11-7-16)24-23-26(33-32-24)36-25(31)21(14-30)28(23)20-4-2-3-5-22(20)34(27(28)35)15-17-8-12-19(29)13-9-17/h2-13H,15,31H2,1H3,(H,32,33)/t28-/m1/s1. The van der Waals surface area contributed by atoms with Crippen molar-refractivity contribution in [2.75, 3.05) is 4.90 Å². The molecule has 0 fully saturated rings. The van der Waals surface area contributed by atoms with E-state index < -0.39 is 5.41 Å². The van der Waals surface area contributed by atoms with Crippen LogP contribution in [-0.4, -0.2) is 16.1 Å². The molecule has 2 aliphatic heterocycles. The highest BCUT2D eigenvalue weighted by molar-refractivity contribution is 6.30. The minimum Gasteiger partial charge on any atom is -0.420 e. The van der Waals surface area contributed by atoms with Crippen LogP contribution in [0.5, 0.6) is 5.88 Å². The summed E-state index contributed by atoms with van der Waals surface area (Å²) in [4.78, 5) is 16.3. The van der Waals surface area contributed by atoms with Crippen molar-refractivity contribution in [2.24, 2.45) is 5.73 Å². The van der Waals surface area contributed by atoms with Crippen molar-refractivity contribution in [3.05, 3.63) is 112 Å². The van der Waals surface area contributed by atoms with E-state index in [1.165, 1.54) is 0 Å². The Morgan fingerprint density at radius 1 is 1.11 bits per heavy atom. The van der Waals surface area contributed by atoms with Crippen molar-refractivity contribution in [3.8, 4) is 23.2 Å². The van der Waals surface area contributed by atoms with Gasteiger partial charge in [-0.25, -0.2) is 0 Å². The minimum atomic E-state index is -1.51. The maximum Gasteiger partial charge on any atom is 0.248 e. The van der Waals surface area contributed by atoms with E-state index in [0.717, 1.165) is 16.7 Å². The molecule has 1 spiro atoms. The first-order chi connectivity index (χ1) is 17.4. The molecule has 3 aromatic carbocycles. The summed E-state index contributed by atoms with van der Waals surface area (Å²) in [6.45, 7) is 2.29. The number of carbonyl (C=O) groups is 1. The zero-order valence-electron chi connectivity index (χ0n) is 19.2. The number of benzene rings is 3. The number of carbonyl (C=O) groups excluding carboxylic acids is 1. The Balaban J connectivity index is 1.62. The zero-order valence-corrected chi connectivity index (χ0v) is 20.0. The molecule has 0 bridgehead atoms. The van der Waals surface area contributed by atoms with E-state index in [2.05, 4.69) is 16.3 Å². The number of aryl methyl sites for hydroxylation is 1. The van der Waals surface area contributed by atoms with E-state index in [4.69, 9.17) is 22.1 Å². The molecular formula is C28H20ClN5O2. The van der Waals surface area contributed by atoms with Gasteiger partial charge in [-0.1, -0.05) is 71.8 Å². The molecule has 36 heavy (non-hydrogen) atoms. The van der Waals surface area contributed by atoms with Gasteiger partial charge in [0.1, 0.15) is 17.1 Å². The first-order valence-electron chi connectivity index (χ1n) is 11.3. The molecule has 0 aliphatic carbocycles. The number of fused-ring (bicyclic) bond motifs is 4. The molecule has 0 radical (unpaired) electrons. The number of anilines is 1. The van der Waals surface area contributed by atoms with Crippen LogP contribution in [-0.2, 0) is 16.8 Å². The second-order valence-electron chi connectivity index (χ2n) is 8.88. The van der Waals surface area contributed by atoms with Gasteiger partial charge < -0.3 is 15.4 Å². The summed E-state index contributed by atoms with van der Waals surface area (Å²) in [5.41, 5.74) is 10.0. The zero-order chi connectivity index (χ0) is 25.0. The van der Waals surface area contributed by atoms with Gasteiger partial charge in [0, 0.05) is 21.8 Å². The predicted octanol–water partition coefficient (Wildman–Crippen LogP) is 4.96. The fourth-order valence-electron chi connectivity index (χ4n) is 5.15. The van der Waals surface area contributed by atoms with Crippen LogP contribution in [0, 0.1) is 18.3 Å². The van der Waals surface area contributed by atoms with Crippen molar-refractivity contribution in [2.45, 2.75) is 18.9 Å². The van der Waals surface area contributed by atoms with Crippen LogP contribution in [0.25, 0.3) is 11.3 Å². The van der Waals surface area contributed by atoms with Crippen molar-refractivity contribution in [1.82, 2.24) is 10.2 Å². The van der Waals surface area contributed by atoms with Crippen LogP contribution in [0.1, 0.15) is 22.3 Å². The van der Waals surface area contributed by atoms with E-state index in [-0.39, 0.29) is 23.2 Å². The molecule has 1 atom stereocenters. The number of halogens is 1. The number of nitrogens with zero attached hydrogens (tertiary/aromatic N) is 3. The number of hydrogen-bond acceptors (Lipinski definition) is 5. The molecule has 176 valence electrons. The summed E-state index contributed by atoms with van der Waals surface area (Å²) < 4.78 is 5.79. The lowest BCUT2D eigenvalue weighted by molar-refractivity contribution is -0.121. The Hall–Kier alpha value is -4.54. The Morgan fingerprint density at radius 3 is 2.56 bits per heavy atom. The third kappa shape index (κ3) is 2.98. The number of nitrogens with two attached hydrogens (primary N) is 1. The van der Waals surface area contributed by atoms with Crippen molar-refractivity contribution >= 4 is 23.2 Å². The second-order valence-corrected chi connectivity index (χ2v) is 9.32. The first-order valence-corrected chi connectivity index (χ1v) is 11.7. The van der Waals surface area contributed by atoms with Crippen molar-refractivity contribution < 1.29 is 9.53 Å².